The monoisotopic (exact) mass is 440 g/mol. The summed E-state index contributed by atoms with van der Waals surface area (Å²) in [5.74, 6) is -0.115. The van der Waals surface area contributed by atoms with Crippen molar-refractivity contribution in [1.29, 1.82) is 0 Å². The number of aromatic nitrogens is 2. The third-order valence-electron chi connectivity index (χ3n) is 5.27. The standard InChI is InChI=1S/C22H21ClN4O4/c1-30-22(29)20(16-6-2-3-7-17(16)23)26-9-11-27(12-10-26)21(28)18-13-19(31-25-18)15-5-4-8-24-14-15/h2-8,13-14,20H,9-12H2,1H3. The van der Waals surface area contributed by atoms with Crippen LogP contribution in [0, 0.1) is 0 Å². The van der Waals surface area contributed by atoms with Gasteiger partial charge in [0.2, 0.25) is 0 Å². The highest BCUT2D eigenvalue weighted by atomic mass is 35.5. The summed E-state index contributed by atoms with van der Waals surface area (Å²) >= 11 is 6.33. The van der Waals surface area contributed by atoms with Crippen LogP contribution in [0.25, 0.3) is 11.3 Å². The molecule has 0 saturated carbocycles. The molecule has 2 aromatic heterocycles. The number of methoxy groups -OCH3 is 1. The molecule has 1 saturated heterocycles. The zero-order chi connectivity index (χ0) is 21.8. The molecule has 0 N–H and O–H groups in total. The number of piperazine rings is 1. The van der Waals surface area contributed by atoms with E-state index in [4.69, 9.17) is 20.9 Å². The number of benzene rings is 1. The fraction of sp³-hybridized carbons (Fsp3) is 0.273. The number of carbonyl (C=O) groups is 2. The Hall–Kier alpha value is -3.23. The van der Waals surface area contributed by atoms with E-state index in [0.29, 0.717) is 42.5 Å². The van der Waals surface area contributed by atoms with Gasteiger partial charge >= 0.3 is 5.97 Å². The number of hydrogen-bond donors (Lipinski definition) is 0. The summed E-state index contributed by atoms with van der Waals surface area (Å²) in [5, 5.41) is 4.43. The van der Waals surface area contributed by atoms with Gasteiger partial charge in [0.25, 0.3) is 5.91 Å². The molecular weight excluding hydrogens is 420 g/mol. The first-order valence-electron chi connectivity index (χ1n) is 9.81. The van der Waals surface area contributed by atoms with Gasteiger partial charge in [0.15, 0.2) is 11.5 Å². The van der Waals surface area contributed by atoms with Crippen molar-refractivity contribution >= 4 is 23.5 Å². The van der Waals surface area contributed by atoms with Crippen LogP contribution in [0.2, 0.25) is 5.02 Å². The topological polar surface area (TPSA) is 88.8 Å². The van der Waals surface area contributed by atoms with Gasteiger partial charge in [0.05, 0.1) is 7.11 Å². The molecule has 0 aliphatic carbocycles. The second kappa shape index (κ2) is 9.28. The molecular formula is C22H21ClN4O4. The fourth-order valence-electron chi connectivity index (χ4n) is 3.65. The summed E-state index contributed by atoms with van der Waals surface area (Å²) < 4.78 is 10.3. The molecule has 1 aromatic carbocycles. The Labute approximate surface area is 184 Å². The van der Waals surface area contributed by atoms with E-state index in [1.807, 2.05) is 29.2 Å². The largest absolute Gasteiger partial charge is 0.468 e. The van der Waals surface area contributed by atoms with Gasteiger partial charge in [-0.25, -0.2) is 4.79 Å². The number of amides is 1. The molecule has 3 heterocycles. The molecule has 1 fully saturated rings. The van der Waals surface area contributed by atoms with E-state index in [1.165, 1.54) is 7.11 Å². The molecule has 1 aliphatic rings. The lowest BCUT2D eigenvalue weighted by Crippen LogP contribution is -2.51. The van der Waals surface area contributed by atoms with Crippen molar-refractivity contribution in [2.75, 3.05) is 33.3 Å². The van der Waals surface area contributed by atoms with E-state index in [-0.39, 0.29) is 17.6 Å². The first-order chi connectivity index (χ1) is 15.1. The number of rotatable bonds is 5. The Morgan fingerprint density at radius 3 is 2.58 bits per heavy atom. The van der Waals surface area contributed by atoms with Crippen molar-refractivity contribution in [3.63, 3.8) is 0 Å². The van der Waals surface area contributed by atoms with Crippen molar-refractivity contribution in [3.05, 3.63) is 71.1 Å². The Balaban J connectivity index is 1.45. The molecule has 1 aliphatic heterocycles. The van der Waals surface area contributed by atoms with Crippen LogP contribution in [-0.4, -0.2) is 65.1 Å². The van der Waals surface area contributed by atoms with Gasteiger partial charge in [0.1, 0.15) is 6.04 Å². The van der Waals surface area contributed by atoms with Gasteiger partial charge in [-0.1, -0.05) is 35.0 Å². The van der Waals surface area contributed by atoms with Gasteiger partial charge < -0.3 is 14.2 Å². The average molecular weight is 441 g/mol. The van der Waals surface area contributed by atoms with Crippen LogP contribution in [-0.2, 0) is 9.53 Å². The highest BCUT2D eigenvalue weighted by Crippen LogP contribution is 2.30. The highest BCUT2D eigenvalue weighted by molar-refractivity contribution is 6.31. The Morgan fingerprint density at radius 1 is 1.13 bits per heavy atom. The summed E-state index contributed by atoms with van der Waals surface area (Å²) in [6, 6.07) is 11.8. The van der Waals surface area contributed by atoms with E-state index in [0.717, 1.165) is 5.56 Å². The predicted molar refractivity (Wildman–Crippen MR) is 113 cm³/mol. The summed E-state index contributed by atoms with van der Waals surface area (Å²) in [6.07, 6.45) is 3.31. The van der Waals surface area contributed by atoms with Gasteiger partial charge in [-0.2, -0.15) is 0 Å². The van der Waals surface area contributed by atoms with Gasteiger partial charge in [-0.3, -0.25) is 14.7 Å². The smallest absolute Gasteiger partial charge is 0.327 e. The lowest BCUT2D eigenvalue weighted by molar-refractivity contribution is -0.148. The lowest BCUT2D eigenvalue weighted by Gasteiger charge is -2.38. The zero-order valence-electron chi connectivity index (χ0n) is 16.9. The maximum absolute atomic E-state index is 12.9. The van der Waals surface area contributed by atoms with Crippen LogP contribution < -0.4 is 0 Å². The number of esters is 1. The Morgan fingerprint density at radius 2 is 1.90 bits per heavy atom. The fourth-order valence-corrected chi connectivity index (χ4v) is 3.89. The van der Waals surface area contributed by atoms with E-state index in [1.54, 1.807) is 35.5 Å². The first-order valence-corrected chi connectivity index (χ1v) is 10.2. The summed E-state index contributed by atoms with van der Waals surface area (Å²) in [7, 11) is 1.36. The van der Waals surface area contributed by atoms with Crippen LogP contribution in [0.1, 0.15) is 22.1 Å². The Bertz CT molecular complexity index is 1060. The molecule has 8 nitrogen and oxygen atoms in total. The van der Waals surface area contributed by atoms with Crippen LogP contribution in [0.15, 0.2) is 59.4 Å². The number of carbonyl (C=O) groups excluding carboxylic acids is 2. The van der Waals surface area contributed by atoms with Crippen molar-refractivity contribution in [1.82, 2.24) is 19.9 Å². The van der Waals surface area contributed by atoms with Gasteiger partial charge in [-0.15, -0.1) is 0 Å². The number of nitrogens with zero attached hydrogens (tertiary/aromatic N) is 4. The molecule has 1 atom stereocenters. The number of halogens is 1. The molecule has 4 rings (SSSR count). The first kappa shape index (κ1) is 21.0. The van der Waals surface area contributed by atoms with Crippen LogP contribution >= 0.6 is 11.6 Å². The van der Waals surface area contributed by atoms with E-state index >= 15 is 0 Å². The second-order valence-electron chi connectivity index (χ2n) is 7.09. The zero-order valence-corrected chi connectivity index (χ0v) is 17.7. The highest BCUT2D eigenvalue weighted by Gasteiger charge is 2.34. The predicted octanol–water partition coefficient (Wildman–Crippen LogP) is 3.06. The minimum Gasteiger partial charge on any atom is -0.468 e. The van der Waals surface area contributed by atoms with Crippen LogP contribution in [0.5, 0.6) is 0 Å². The normalized spacial score (nSPS) is 15.5. The van der Waals surface area contributed by atoms with Crippen molar-refractivity contribution in [2.45, 2.75) is 6.04 Å². The van der Waals surface area contributed by atoms with E-state index in [2.05, 4.69) is 10.1 Å². The Kier molecular flexibility index (Phi) is 6.29. The SMILES string of the molecule is COC(=O)C(c1ccccc1Cl)N1CCN(C(=O)c2cc(-c3cccnc3)on2)CC1. The molecule has 0 radical (unpaired) electrons. The summed E-state index contributed by atoms with van der Waals surface area (Å²) in [4.78, 5) is 33.1. The van der Waals surface area contributed by atoms with E-state index < -0.39 is 6.04 Å². The van der Waals surface area contributed by atoms with Crippen molar-refractivity contribution in [2.24, 2.45) is 0 Å². The van der Waals surface area contributed by atoms with Crippen LogP contribution in [0.4, 0.5) is 0 Å². The van der Waals surface area contributed by atoms with E-state index in [9.17, 15) is 9.59 Å². The lowest BCUT2D eigenvalue weighted by atomic mass is 10.0. The number of ether oxygens (including phenoxy) is 1. The number of pyridine rings is 1. The maximum Gasteiger partial charge on any atom is 0.327 e. The van der Waals surface area contributed by atoms with Crippen molar-refractivity contribution in [3.8, 4) is 11.3 Å². The second-order valence-corrected chi connectivity index (χ2v) is 7.50. The molecule has 1 unspecified atom stereocenters. The molecule has 1 amide bonds. The molecule has 3 aromatic rings. The number of hydrogen-bond acceptors (Lipinski definition) is 7. The third kappa shape index (κ3) is 4.45. The molecule has 0 spiro atoms. The van der Waals surface area contributed by atoms with Gasteiger partial charge in [-0.05, 0) is 23.8 Å². The average Bonchev–Trinajstić information content (AvgIpc) is 3.31. The van der Waals surface area contributed by atoms with Crippen LogP contribution in [0.3, 0.4) is 0 Å². The molecule has 9 heteroatoms. The van der Waals surface area contributed by atoms with Crippen molar-refractivity contribution < 1.29 is 18.8 Å². The maximum atomic E-state index is 12.9. The quantitative estimate of drug-likeness (QED) is 0.563. The third-order valence-corrected chi connectivity index (χ3v) is 5.61. The molecule has 160 valence electrons. The minimum absolute atomic E-state index is 0.217. The van der Waals surface area contributed by atoms with Gasteiger partial charge in [0, 0.05) is 55.2 Å². The summed E-state index contributed by atoms with van der Waals surface area (Å²) in [6.45, 7) is 1.85. The minimum atomic E-state index is -0.625. The summed E-state index contributed by atoms with van der Waals surface area (Å²) in [5.41, 5.74) is 1.68. The molecule has 31 heavy (non-hydrogen) atoms. The molecule has 0 bridgehead atoms.